The number of carbonyl (C=O) groups is 1. The fraction of sp³-hybridized carbons (Fsp3) is 0.412. The molecule has 0 radical (unpaired) electrons. The maximum atomic E-state index is 12.7. The molecule has 1 amide bonds. The van der Waals surface area contributed by atoms with E-state index in [0.717, 1.165) is 44.1 Å². The summed E-state index contributed by atoms with van der Waals surface area (Å²) in [6.45, 7) is 8.50. The summed E-state index contributed by atoms with van der Waals surface area (Å²) in [6.07, 6.45) is 0. The van der Waals surface area contributed by atoms with Crippen LogP contribution in [0, 0.1) is 6.92 Å². The second-order valence-corrected chi connectivity index (χ2v) is 6.23. The molecule has 1 aliphatic rings. The molecule has 0 unspecified atom stereocenters. The van der Waals surface area contributed by atoms with Crippen molar-refractivity contribution in [2.45, 2.75) is 13.8 Å². The minimum Gasteiger partial charge on any atom is -0.335 e. The molecule has 1 aliphatic heterocycles. The van der Waals surface area contributed by atoms with Gasteiger partial charge in [0.2, 0.25) is 0 Å². The molecule has 0 spiro atoms. The highest BCUT2D eigenvalue weighted by atomic mass is 35.5. The van der Waals surface area contributed by atoms with Crippen molar-refractivity contribution in [3.63, 3.8) is 0 Å². The lowest BCUT2D eigenvalue weighted by molar-refractivity contribution is 0.0637. The Balaban J connectivity index is 1.79. The number of benzene rings is 1. The number of piperazine rings is 1. The SMILES string of the molecule is CCN1CCN(C(=O)c2cc(C)n(-c3cccc(Cl)c3)n2)CC1. The highest BCUT2D eigenvalue weighted by Gasteiger charge is 2.23. The largest absolute Gasteiger partial charge is 0.335 e. The van der Waals surface area contributed by atoms with E-state index >= 15 is 0 Å². The van der Waals surface area contributed by atoms with Crippen molar-refractivity contribution in [3.8, 4) is 5.69 Å². The van der Waals surface area contributed by atoms with Crippen molar-refractivity contribution in [1.29, 1.82) is 0 Å². The third kappa shape index (κ3) is 3.41. The summed E-state index contributed by atoms with van der Waals surface area (Å²) in [6, 6.07) is 9.32. The molecule has 0 atom stereocenters. The van der Waals surface area contributed by atoms with Gasteiger partial charge < -0.3 is 9.80 Å². The van der Waals surface area contributed by atoms with Crippen molar-refractivity contribution in [1.82, 2.24) is 19.6 Å². The Hall–Kier alpha value is -1.85. The number of hydrogen-bond acceptors (Lipinski definition) is 3. The first-order chi connectivity index (χ1) is 11.1. The van der Waals surface area contributed by atoms with Crippen molar-refractivity contribution >= 4 is 17.5 Å². The molecule has 0 saturated carbocycles. The van der Waals surface area contributed by atoms with E-state index in [2.05, 4.69) is 16.9 Å². The molecule has 2 aromatic rings. The van der Waals surface area contributed by atoms with E-state index in [1.165, 1.54) is 0 Å². The maximum Gasteiger partial charge on any atom is 0.274 e. The van der Waals surface area contributed by atoms with E-state index < -0.39 is 0 Å². The number of carbonyl (C=O) groups excluding carboxylic acids is 1. The Morgan fingerprint density at radius 3 is 2.61 bits per heavy atom. The molecule has 5 nitrogen and oxygen atoms in total. The van der Waals surface area contributed by atoms with Crippen LogP contribution in [0.1, 0.15) is 23.1 Å². The van der Waals surface area contributed by atoms with Crippen molar-refractivity contribution < 1.29 is 4.79 Å². The summed E-state index contributed by atoms with van der Waals surface area (Å²) in [4.78, 5) is 16.9. The van der Waals surface area contributed by atoms with Gasteiger partial charge in [0.15, 0.2) is 5.69 Å². The summed E-state index contributed by atoms with van der Waals surface area (Å²) < 4.78 is 1.77. The van der Waals surface area contributed by atoms with E-state index in [9.17, 15) is 4.79 Å². The first kappa shape index (κ1) is 16.0. The minimum atomic E-state index is 0.00429. The molecule has 122 valence electrons. The van der Waals surface area contributed by atoms with E-state index in [-0.39, 0.29) is 5.91 Å². The van der Waals surface area contributed by atoms with Crippen LogP contribution in [0.3, 0.4) is 0 Å². The van der Waals surface area contributed by atoms with Crippen molar-refractivity contribution in [2.75, 3.05) is 32.7 Å². The number of amides is 1. The highest BCUT2D eigenvalue weighted by molar-refractivity contribution is 6.30. The Morgan fingerprint density at radius 1 is 1.22 bits per heavy atom. The number of rotatable bonds is 3. The smallest absolute Gasteiger partial charge is 0.274 e. The molecule has 3 rings (SSSR count). The standard InChI is InChI=1S/C17H21ClN4O/c1-3-20-7-9-21(10-8-20)17(23)16-11-13(2)22(19-16)15-6-4-5-14(18)12-15/h4-6,11-12H,3,7-10H2,1-2H3. The predicted molar refractivity (Wildman–Crippen MR) is 91.3 cm³/mol. The van der Waals surface area contributed by atoms with E-state index in [1.54, 1.807) is 4.68 Å². The molecule has 1 aromatic carbocycles. The summed E-state index contributed by atoms with van der Waals surface area (Å²) in [7, 11) is 0. The average molecular weight is 333 g/mol. The van der Waals surface area contributed by atoms with Crippen molar-refractivity contribution in [2.24, 2.45) is 0 Å². The van der Waals surface area contributed by atoms with Crippen LogP contribution in [-0.4, -0.2) is 58.2 Å². The van der Waals surface area contributed by atoms with Gasteiger partial charge in [0.05, 0.1) is 5.69 Å². The van der Waals surface area contributed by atoms with Gasteiger partial charge in [-0.15, -0.1) is 0 Å². The molecular weight excluding hydrogens is 312 g/mol. The maximum absolute atomic E-state index is 12.7. The van der Waals surface area contributed by atoms with Gasteiger partial charge in [0.1, 0.15) is 0 Å². The van der Waals surface area contributed by atoms with Gasteiger partial charge in [0.25, 0.3) is 5.91 Å². The Labute approximate surface area is 141 Å². The Morgan fingerprint density at radius 2 is 1.96 bits per heavy atom. The predicted octanol–water partition coefficient (Wildman–Crippen LogP) is 2.61. The molecule has 1 saturated heterocycles. The molecule has 0 N–H and O–H groups in total. The third-order valence-electron chi connectivity index (χ3n) is 4.27. The van der Waals surface area contributed by atoms with Gasteiger partial charge in [-0.25, -0.2) is 4.68 Å². The number of halogens is 1. The fourth-order valence-electron chi connectivity index (χ4n) is 2.88. The lowest BCUT2D eigenvalue weighted by atomic mass is 10.2. The lowest BCUT2D eigenvalue weighted by Gasteiger charge is -2.33. The van der Waals surface area contributed by atoms with Crippen LogP contribution in [0.4, 0.5) is 0 Å². The average Bonchev–Trinajstić information content (AvgIpc) is 2.96. The topological polar surface area (TPSA) is 41.4 Å². The summed E-state index contributed by atoms with van der Waals surface area (Å²) in [5, 5.41) is 5.14. The zero-order valence-corrected chi connectivity index (χ0v) is 14.3. The number of nitrogens with zero attached hydrogens (tertiary/aromatic N) is 4. The van der Waals surface area contributed by atoms with Crippen LogP contribution in [0.15, 0.2) is 30.3 Å². The molecular formula is C17H21ClN4O. The van der Waals surface area contributed by atoms with Crippen molar-refractivity contribution in [3.05, 3.63) is 46.7 Å². The molecule has 1 fully saturated rings. The number of aromatic nitrogens is 2. The van der Waals surface area contributed by atoms with Crippen LogP contribution in [0.2, 0.25) is 5.02 Å². The van der Waals surface area contributed by atoms with Crippen LogP contribution in [0.5, 0.6) is 0 Å². The van der Waals surface area contributed by atoms with Crippen LogP contribution in [-0.2, 0) is 0 Å². The first-order valence-electron chi connectivity index (χ1n) is 7.92. The second kappa shape index (κ2) is 6.72. The van der Waals surface area contributed by atoms with Gasteiger partial charge in [-0.05, 0) is 37.7 Å². The van der Waals surface area contributed by atoms with Crippen LogP contribution in [0.25, 0.3) is 5.69 Å². The van der Waals surface area contributed by atoms with Crippen LogP contribution < -0.4 is 0 Å². The zero-order chi connectivity index (χ0) is 16.4. The van der Waals surface area contributed by atoms with Gasteiger partial charge >= 0.3 is 0 Å². The monoisotopic (exact) mass is 332 g/mol. The van der Waals surface area contributed by atoms with Gasteiger partial charge in [0, 0.05) is 36.9 Å². The van der Waals surface area contributed by atoms with E-state index in [4.69, 9.17) is 11.6 Å². The quantitative estimate of drug-likeness (QED) is 0.867. The fourth-order valence-corrected chi connectivity index (χ4v) is 3.06. The number of hydrogen-bond donors (Lipinski definition) is 0. The third-order valence-corrected chi connectivity index (χ3v) is 4.50. The lowest BCUT2D eigenvalue weighted by Crippen LogP contribution is -2.48. The molecule has 2 heterocycles. The summed E-state index contributed by atoms with van der Waals surface area (Å²) in [5.41, 5.74) is 2.28. The first-order valence-corrected chi connectivity index (χ1v) is 8.30. The summed E-state index contributed by atoms with van der Waals surface area (Å²) in [5.74, 6) is 0.00429. The molecule has 1 aromatic heterocycles. The van der Waals surface area contributed by atoms with Gasteiger partial charge in [-0.1, -0.05) is 24.6 Å². The van der Waals surface area contributed by atoms with Gasteiger partial charge in [-0.2, -0.15) is 5.10 Å². The van der Waals surface area contributed by atoms with Gasteiger partial charge in [-0.3, -0.25) is 4.79 Å². The zero-order valence-electron chi connectivity index (χ0n) is 13.5. The molecule has 0 aliphatic carbocycles. The minimum absolute atomic E-state index is 0.00429. The Kier molecular flexibility index (Phi) is 4.68. The molecule has 6 heteroatoms. The van der Waals surface area contributed by atoms with E-state index in [1.807, 2.05) is 42.2 Å². The number of likely N-dealkylation sites (N-methyl/N-ethyl adjacent to an activating group) is 1. The highest BCUT2D eigenvalue weighted by Crippen LogP contribution is 2.18. The summed E-state index contributed by atoms with van der Waals surface area (Å²) >= 11 is 6.04. The number of aryl methyl sites for hydroxylation is 1. The normalized spacial score (nSPS) is 15.9. The Bertz CT molecular complexity index is 704. The molecule has 23 heavy (non-hydrogen) atoms. The van der Waals surface area contributed by atoms with Crippen LogP contribution >= 0.6 is 11.6 Å². The van der Waals surface area contributed by atoms with E-state index in [0.29, 0.717) is 10.7 Å². The molecule has 0 bridgehead atoms. The second-order valence-electron chi connectivity index (χ2n) is 5.79.